The number of rotatable bonds is 21. The first-order chi connectivity index (χ1) is 48.9. The van der Waals surface area contributed by atoms with Crippen molar-refractivity contribution in [1.29, 1.82) is 0 Å². The van der Waals surface area contributed by atoms with Gasteiger partial charge >= 0.3 is 0 Å². The van der Waals surface area contributed by atoms with Crippen molar-refractivity contribution >= 4 is 28.4 Å². The van der Waals surface area contributed by atoms with E-state index in [-0.39, 0.29) is 16.6 Å². The van der Waals surface area contributed by atoms with E-state index in [4.69, 9.17) is 0 Å². The lowest BCUT2D eigenvalue weighted by molar-refractivity contribution is 0.0650. The molecular weight excluding hydrogens is 1260 g/mol. The zero-order chi connectivity index (χ0) is 78.4. The predicted octanol–water partition coefficient (Wildman–Crippen LogP) is 27.6. The van der Waals surface area contributed by atoms with Gasteiger partial charge in [-0.15, -0.1) is 0 Å². The highest BCUT2D eigenvalue weighted by Crippen LogP contribution is 2.42. The molecule has 7 nitrogen and oxygen atoms in total. The number of benzene rings is 5. The summed E-state index contributed by atoms with van der Waals surface area (Å²) in [6, 6.07) is 42.0. The lowest BCUT2D eigenvalue weighted by atomic mass is 9.81. The van der Waals surface area contributed by atoms with Crippen molar-refractivity contribution in [3.05, 3.63) is 149 Å². The number of hydrogen-bond acceptors (Lipinski definition) is 7. The standard InChI is InChI=1S/C19H33N.C16H25N.C15H25N.C14H21N.C13H21N.C11H23N.C9H19N/c1-9-19(7,10-2)20(8)18-16(14(3)4)12-11-13-17(18)15(5)6;1-13-9-8-10-14(2)15(13)17(4)16(3)11-6-5-7-12-16;1-7-15(5,8-2)16(6)14-12(3)10-9-11-13(14)4;1-14(11-7-4-8-12-14)15(2)13-9-5-3-6-10-13;1-5-13(3,6-2)14(4)12-10-8-7-9-11-12;1-10(2)12(4)11(3)8-6-5-7-9-11;1-9(10(2)3)7-5-4-6-8-9/h11-15H,9-10H2,1-8H3;8-10H,5-7,11-12H2,1-4H3;9-11H,7-8H2,1-6H3;3,5-6,9-10H,4,7-8,11-12H2,1-2H3;7-11H,5-6H2,1-4H3;10H,5-9H2,1-4H3;4-8H2,1-3H3. The first kappa shape index (κ1) is 93.2. The lowest BCUT2D eigenvalue weighted by Gasteiger charge is -2.44. The number of hydrogen-bond donors (Lipinski definition) is 0. The van der Waals surface area contributed by atoms with E-state index in [0.29, 0.717) is 40.0 Å². The van der Waals surface area contributed by atoms with Gasteiger partial charge in [-0.05, 0) is 271 Å². The Bertz CT molecular complexity index is 3040. The zero-order valence-electron chi connectivity index (χ0n) is 74.2. The minimum Gasteiger partial charge on any atom is -0.369 e. The first-order valence-corrected chi connectivity index (χ1v) is 42.3. The van der Waals surface area contributed by atoms with Crippen LogP contribution in [0, 0.1) is 27.7 Å². The molecule has 0 amide bonds. The summed E-state index contributed by atoms with van der Waals surface area (Å²) in [7, 11) is 17.9. The second-order valence-corrected chi connectivity index (χ2v) is 35.5. The van der Waals surface area contributed by atoms with Gasteiger partial charge in [0.15, 0.2) is 0 Å². The first-order valence-electron chi connectivity index (χ1n) is 42.3. The fraction of sp³-hybridized carbons (Fsp3) is 0.691. The van der Waals surface area contributed by atoms with Crippen LogP contribution in [0.25, 0.3) is 0 Å². The van der Waals surface area contributed by atoms with Gasteiger partial charge in [-0.25, -0.2) is 0 Å². The van der Waals surface area contributed by atoms with E-state index in [1.807, 2.05) is 0 Å². The molecule has 4 saturated carbocycles. The summed E-state index contributed by atoms with van der Waals surface area (Å²) in [6.07, 6.45) is 34.9. The maximum Gasteiger partial charge on any atom is 0.0438 e. The Hall–Kier alpha value is -4.98. The van der Waals surface area contributed by atoms with E-state index in [9.17, 15) is 0 Å². The van der Waals surface area contributed by atoms with E-state index in [0.717, 1.165) is 0 Å². The zero-order valence-corrected chi connectivity index (χ0v) is 74.2. The van der Waals surface area contributed by atoms with Crippen LogP contribution in [0.2, 0.25) is 0 Å². The molecule has 7 heteroatoms. The van der Waals surface area contributed by atoms with Gasteiger partial charge in [0, 0.05) is 108 Å². The van der Waals surface area contributed by atoms with Gasteiger partial charge < -0.3 is 29.4 Å². The topological polar surface area (TPSA) is 22.7 Å². The van der Waals surface area contributed by atoms with E-state index in [2.05, 4.69) is 365 Å². The molecule has 5 aromatic carbocycles. The van der Waals surface area contributed by atoms with Crippen LogP contribution in [-0.2, 0) is 0 Å². The Kier molecular flexibility index (Phi) is 39.3. The van der Waals surface area contributed by atoms with Crippen LogP contribution in [0.3, 0.4) is 0 Å². The predicted molar refractivity (Wildman–Crippen MR) is 471 cm³/mol. The Morgan fingerprint density at radius 2 is 0.587 bits per heavy atom. The monoisotopic (exact) mass is 1430 g/mol. The third-order valence-electron chi connectivity index (χ3n) is 27.6. The minimum absolute atomic E-state index is 0.231. The highest BCUT2D eigenvalue weighted by Gasteiger charge is 2.36. The van der Waals surface area contributed by atoms with Crippen LogP contribution in [0.4, 0.5) is 28.4 Å². The summed E-state index contributed by atoms with van der Waals surface area (Å²) in [6.45, 7) is 53.0. The third-order valence-corrected chi connectivity index (χ3v) is 27.6. The fourth-order valence-corrected chi connectivity index (χ4v) is 16.8. The summed E-state index contributed by atoms with van der Waals surface area (Å²) in [5, 5.41) is 0. The van der Waals surface area contributed by atoms with Crippen LogP contribution >= 0.6 is 0 Å². The van der Waals surface area contributed by atoms with Crippen molar-refractivity contribution < 1.29 is 0 Å². The molecule has 4 aliphatic carbocycles. The molecule has 0 spiro atoms. The van der Waals surface area contributed by atoms with E-state index < -0.39 is 0 Å². The Morgan fingerprint density at radius 3 is 0.894 bits per heavy atom. The molecule has 0 N–H and O–H groups in total. The second kappa shape index (κ2) is 43.9. The summed E-state index contributed by atoms with van der Waals surface area (Å²) in [4.78, 5) is 17.3. The molecule has 4 fully saturated rings. The Morgan fingerprint density at radius 1 is 0.308 bits per heavy atom. The molecule has 9 rings (SSSR count). The molecular formula is C97H167N7. The van der Waals surface area contributed by atoms with Gasteiger partial charge in [0.2, 0.25) is 0 Å². The number of para-hydroxylation sites is 5. The summed E-state index contributed by atoms with van der Waals surface area (Å²) < 4.78 is 0. The SMILES string of the molecule is CC(C)N(C)C1(C)CCCCC1.CCC(C)(CC)N(C)c1c(C(C)C)cccc1C(C)C.CCC(C)(CC)N(C)c1c(C)cccc1C.CCC(C)(CC)N(C)c1ccccc1.CN(C)C1(C)CCCCC1.CN(c1ccccc1)C1(C)CCCCC1.Cc1cccc(C)c1N(C)C1(C)CCCCC1. The van der Waals surface area contributed by atoms with Crippen LogP contribution in [0.1, 0.15) is 344 Å². The highest BCUT2D eigenvalue weighted by molar-refractivity contribution is 5.64. The van der Waals surface area contributed by atoms with E-state index >= 15 is 0 Å². The molecule has 0 heterocycles. The molecule has 5 aromatic rings. The van der Waals surface area contributed by atoms with E-state index in [1.54, 1.807) is 0 Å². The molecule has 4 aliphatic rings. The molecule has 0 saturated heterocycles. The number of aryl methyl sites for hydroxylation is 4. The van der Waals surface area contributed by atoms with Crippen LogP contribution in [0.15, 0.2) is 115 Å². The molecule has 0 radical (unpaired) electrons. The molecule has 104 heavy (non-hydrogen) atoms. The van der Waals surface area contributed by atoms with Gasteiger partial charge in [-0.3, -0.25) is 4.90 Å². The van der Waals surface area contributed by atoms with Crippen LogP contribution < -0.4 is 24.5 Å². The molecule has 0 bridgehead atoms. The van der Waals surface area contributed by atoms with Gasteiger partial charge in [0.25, 0.3) is 0 Å². The van der Waals surface area contributed by atoms with Crippen molar-refractivity contribution in [3.8, 4) is 0 Å². The van der Waals surface area contributed by atoms with Crippen molar-refractivity contribution in [3.63, 3.8) is 0 Å². The molecule has 0 aliphatic heterocycles. The smallest absolute Gasteiger partial charge is 0.0438 e. The second-order valence-electron chi connectivity index (χ2n) is 35.5. The third kappa shape index (κ3) is 26.1. The maximum atomic E-state index is 2.55. The molecule has 0 unspecified atom stereocenters. The summed E-state index contributed by atoms with van der Waals surface area (Å²) >= 11 is 0. The average molecular weight is 1430 g/mol. The quantitative estimate of drug-likeness (QED) is 0.0721. The highest BCUT2D eigenvalue weighted by atomic mass is 15.2. The van der Waals surface area contributed by atoms with Gasteiger partial charge in [-0.1, -0.05) is 237 Å². The lowest BCUT2D eigenvalue weighted by Crippen LogP contribution is -2.48. The average Bonchev–Trinajstić information content (AvgIpc) is 0.781. The maximum absolute atomic E-state index is 2.55. The van der Waals surface area contributed by atoms with Gasteiger partial charge in [-0.2, -0.15) is 0 Å². The summed E-state index contributed by atoms with van der Waals surface area (Å²) in [5.74, 6) is 1.12. The van der Waals surface area contributed by atoms with E-state index in [1.165, 1.54) is 229 Å². The number of anilines is 5. The molecule has 0 atom stereocenters. The van der Waals surface area contributed by atoms with Crippen LogP contribution in [-0.4, -0.2) is 111 Å². The Balaban J connectivity index is 0.000000318. The largest absolute Gasteiger partial charge is 0.369 e. The van der Waals surface area contributed by atoms with Crippen molar-refractivity contribution in [1.82, 2.24) is 9.80 Å². The van der Waals surface area contributed by atoms with Crippen molar-refractivity contribution in [2.24, 2.45) is 0 Å². The summed E-state index contributed by atoms with van der Waals surface area (Å²) in [5.41, 5.74) is 18.0. The Labute approximate surface area is 646 Å². The molecule has 0 aromatic heterocycles. The van der Waals surface area contributed by atoms with Crippen molar-refractivity contribution in [2.75, 3.05) is 80.9 Å². The van der Waals surface area contributed by atoms with Gasteiger partial charge in [0.05, 0.1) is 0 Å². The minimum atomic E-state index is 0.231. The van der Waals surface area contributed by atoms with Crippen molar-refractivity contribution in [2.45, 2.75) is 383 Å². The normalized spacial score (nSPS) is 16.8. The van der Waals surface area contributed by atoms with Crippen LogP contribution in [0.5, 0.6) is 0 Å². The molecule has 590 valence electrons. The number of nitrogens with zero attached hydrogens (tertiary/aromatic N) is 7. The fourth-order valence-electron chi connectivity index (χ4n) is 16.8. The van der Waals surface area contributed by atoms with Gasteiger partial charge in [0.1, 0.15) is 0 Å².